The van der Waals surface area contributed by atoms with Gasteiger partial charge in [0.1, 0.15) is 0 Å². The molecule has 0 radical (unpaired) electrons. The first-order valence-electron chi connectivity index (χ1n) is 8.54. The molecule has 1 aromatic heterocycles. The lowest BCUT2D eigenvalue weighted by Gasteiger charge is -2.40. The van der Waals surface area contributed by atoms with Gasteiger partial charge in [0.05, 0.1) is 5.69 Å². The molecule has 1 aliphatic rings. The highest BCUT2D eigenvalue weighted by Gasteiger charge is 2.35. The average molecular weight is 311 g/mol. The lowest BCUT2D eigenvalue weighted by molar-refractivity contribution is 0.143. The van der Waals surface area contributed by atoms with Gasteiger partial charge < -0.3 is 0 Å². The minimum atomic E-state index is 0.328. The van der Waals surface area contributed by atoms with Gasteiger partial charge in [-0.2, -0.15) is 5.10 Å². The van der Waals surface area contributed by atoms with Crippen molar-refractivity contribution in [1.29, 1.82) is 0 Å². The van der Waals surface area contributed by atoms with Gasteiger partial charge in [0.25, 0.3) is 0 Å². The predicted molar refractivity (Wildman–Crippen MR) is 90.9 cm³/mol. The largest absolute Gasteiger partial charge is 0.270 e. The van der Waals surface area contributed by atoms with Crippen LogP contribution in [0.3, 0.4) is 0 Å². The third-order valence-corrected chi connectivity index (χ3v) is 5.74. The molecule has 2 rings (SSSR count). The fourth-order valence-electron chi connectivity index (χ4n) is 3.62. The van der Waals surface area contributed by atoms with Crippen molar-refractivity contribution in [2.24, 2.45) is 17.3 Å². The summed E-state index contributed by atoms with van der Waals surface area (Å²) in [6.07, 6.45) is 5.80. The summed E-state index contributed by atoms with van der Waals surface area (Å²) in [4.78, 5) is 0. The quantitative estimate of drug-likeness (QED) is 0.709. The smallest absolute Gasteiger partial charge is 0.0624 e. The van der Waals surface area contributed by atoms with E-state index in [9.17, 15) is 0 Å². The number of rotatable bonds is 4. The van der Waals surface area contributed by atoms with Crippen LogP contribution in [0.4, 0.5) is 0 Å². The maximum atomic E-state index is 6.65. The molecule has 3 unspecified atom stereocenters. The minimum absolute atomic E-state index is 0.328. The van der Waals surface area contributed by atoms with Crippen LogP contribution in [-0.2, 0) is 19.4 Å². The van der Waals surface area contributed by atoms with Crippen LogP contribution in [-0.4, -0.2) is 15.2 Å². The second kappa shape index (κ2) is 6.73. The number of hydrogen-bond acceptors (Lipinski definition) is 1. The van der Waals surface area contributed by atoms with Crippen molar-refractivity contribution in [3.63, 3.8) is 0 Å². The Morgan fingerprint density at radius 3 is 2.57 bits per heavy atom. The van der Waals surface area contributed by atoms with Crippen LogP contribution in [0.25, 0.3) is 0 Å². The number of halogens is 1. The molecule has 1 aliphatic carbocycles. The van der Waals surface area contributed by atoms with E-state index in [0.29, 0.717) is 16.7 Å². The van der Waals surface area contributed by atoms with Crippen molar-refractivity contribution in [2.75, 3.05) is 0 Å². The molecule has 1 fully saturated rings. The van der Waals surface area contributed by atoms with E-state index < -0.39 is 0 Å². The molecule has 1 heterocycles. The van der Waals surface area contributed by atoms with E-state index in [0.717, 1.165) is 31.7 Å². The molecular formula is C18H31ClN2. The molecule has 1 saturated carbocycles. The molecule has 0 N–H and O–H groups in total. The van der Waals surface area contributed by atoms with Crippen molar-refractivity contribution in [3.05, 3.63) is 17.5 Å². The molecule has 0 aromatic carbocycles. The van der Waals surface area contributed by atoms with E-state index in [-0.39, 0.29) is 0 Å². The summed E-state index contributed by atoms with van der Waals surface area (Å²) in [7, 11) is 0. The van der Waals surface area contributed by atoms with E-state index >= 15 is 0 Å². The van der Waals surface area contributed by atoms with Gasteiger partial charge in [-0.15, -0.1) is 11.6 Å². The van der Waals surface area contributed by atoms with Crippen molar-refractivity contribution >= 4 is 11.6 Å². The summed E-state index contributed by atoms with van der Waals surface area (Å²) in [5.74, 6) is 1.39. The van der Waals surface area contributed by atoms with Crippen molar-refractivity contribution < 1.29 is 0 Å². The first-order chi connectivity index (χ1) is 9.85. The lowest BCUT2D eigenvalue weighted by Crippen LogP contribution is -2.33. The molecule has 0 bridgehead atoms. The van der Waals surface area contributed by atoms with E-state index in [4.69, 9.17) is 11.6 Å². The first kappa shape index (κ1) is 16.9. The van der Waals surface area contributed by atoms with Crippen LogP contribution in [0.1, 0.15) is 65.3 Å². The fraction of sp³-hybridized carbons (Fsp3) is 0.833. The summed E-state index contributed by atoms with van der Waals surface area (Å²) in [6.45, 7) is 12.4. The monoisotopic (exact) mass is 310 g/mol. The summed E-state index contributed by atoms with van der Waals surface area (Å²) < 4.78 is 2.17. The third-order valence-electron chi connectivity index (χ3n) is 5.16. The van der Waals surface area contributed by atoms with Gasteiger partial charge in [0.2, 0.25) is 0 Å². The number of hydrogen-bond donors (Lipinski definition) is 0. The Balaban J connectivity index is 2.11. The SMILES string of the molecule is CCc1cc(CC2CC(C(C)(C)C)CCC2Cl)n(CC)n1. The first-order valence-corrected chi connectivity index (χ1v) is 8.98. The average Bonchev–Trinajstić information content (AvgIpc) is 2.82. The Morgan fingerprint density at radius 2 is 2.00 bits per heavy atom. The Morgan fingerprint density at radius 1 is 1.29 bits per heavy atom. The summed E-state index contributed by atoms with van der Waals surface area (Å²) >= 11 is 6.65. The van der Waals surface area contributed by atoms with Gasteiger partial charge in [-0.25, -0.2) is 0 Å². The molecule has 120 valence electrons. The summed E-state index contributed by atoms with van der Waals surface area (Å²) in [6, 6.07) is 2.29. The van der Waals surface area contributed by atoms with Crippen LogP contribution in [0.15, 0.2) is 6.07 Å². The van der Waals surface area contributed by atoms with Crippen LogP contribution >= 0.6 is 11.6 Å². The maximum absolute atomic E-state index is 6.65. The number of aromatic nitrogens is 2. The van der Waals surface area contributed by atoms with Gasteiger partial charge in [-0.3, -0.25) is 4.68 Å². The van der Waals surface area contributed by atoms with Crippen LogP contribution < -0.4 is 0 Å². The Labute approximate surface area is 135 Å². The zero-order valence-corrected chi connectivity index (χ0v) is 15.1. The fourth-order valence-corrected chi connectivity index (χ4v) is 3.94. The van der Waals surface area contributed by atoms with Crippen LogP contribution in [0, 0.1) is 17.3 Å². The Kier molecular flexibility index (Phi) is 5.40. The standard InChI is InChI=1S/C18H31ClN2/c1-6-15-12-16(21(7-2)20-15)11-13-10-14(18(3,4)5)8-9-17(13)19/h12-14,17H,6-11H2,1-5H3. The van der Waals surface area contributed by atoms with Gasteiger partial charge in [0.15, 0.2) is 0 Å². The second-order valence-corrected chi connectivity index (χ2v) is 8.21. The van der Waals surface area contributed by atoms with Gasteiger partial charge in [-0.05, 0) is 62.3 Å². The highest BCUT2D eigenvalue weighted by molar-refractivity contribution is 6.20. The van der Waals surface area contributed by atoms with Crippen molar-refractivity contribution in [1.82, 2.24) is 9.78 Å². The molecule has 0 spiro atoms. The zero-order chi connectivity index (χ0) is 15.6. The highest BCUT2D eigenvalue weighted by Crippen LogP contribution is 2.43. The number of nitrogens with zero attached hydrogens (tertiary/aromatic N) is 2. The van der Waals surface area contributed by atoms with Crippen molar-refractivity contribution in [2.45, 2.75) is 78.6 Å². The van der Waals surface area contributed by atoms with Gasteiger partial charge >= 0.3 is 0 Å². The summed E-state index contributed by atoms with van der Waals surface area (Å²) in [5, 5.41) is 5.01. The van der Waals surface area contributed by atoms with E-state index in [1.54, 1.807) is 0 Å². The van der Waals surface area contributed by atoms with Crippen molar-refractivity contribution in [3.8, 4) is 0 Å². The zero-order valence-electron chi connectivity index (χ0n) is 14.3. The molecule has 21 heavy (non-hydrogen) atoms. The normalized spacial score (nSPS) is 27.0. The van der Waals surface area contributed by atoms with Gasteiger partial charge in [0, 0.05) is 17.6 Å². The van der Waals surface area contributed by atoms with E-state index in [2.05, 4.69) is 50.5 Å². The Hall–Kier alpha value is -0.500. The topological polar surface area (TPSA) is 17.8 Å². The molecular weight excluding hydrogens is 280 g/mol. The summed E-state index contributed by atoms with van der Waals surface area (Å²) in [5.41, 5.74) is 2.98. The third kappa shape index (κ3) is 4.03. The Bertz CT molecular complexity index is 458. The molecule has 2 nitrogen and oxygen atoms in total. The number of alkyl halides is 1. The molecule has 0 amide bonds. The molecule has 1 aromatic rings. The number of aryl methyl sites for hydroxylation is 2. The maximum Gasteiger partial charge on any atom is 0.0624 e. The second-order valence-electron chi connectivity index (χ2n) is 7.65. The van der Waals surface area contributed by atoms with Crippen LogP contribution in [0.5, 0.6) is 0 Å². The predicted octanol–water partition coefficient (Wildman–Crippen LogP) is 5.08. The molecule has 0 saturated heterocycles. The van der Waals surface area contributed by atoms with E-state index in [1.165, 1.54) is 24.2 Å². The van der Waals surface area contributed by atoms with E-state index in [1.807, 2.05) is 0 Å². The molecule has 3 heteroatoms. The van der Waals surface area contributed by atoms with Crippen LogP contribution in [0.2, 0.25) is 0 Å². The molecule has 0 aliphatic heterocycles. The van der Waals surface area contributed by atoms with Gasteiger partial charge in [-0.1, -0.05) is 27.7 Å². The lowest BCUT2D eigenvalue weighted by atomic mass is 9.68. The highest BCUT2D eigenvalue weighted by atomic mass is 35.5. The molecule has 3 atom stereocenters. The minimum Gasteiger partial charge on any atom is -0.270 e.